The molecule has 0 unspecified atom stereocenters. The van der Waals surface area contributed by atoms with Gasteiger partial charge in [0.1, 0.15) is 0 Å². The predicted molar refractivity (Wildman–Crippen MR) is 76.2 cm³/mol. The Morgan fingerprint density at radius 2 is 2.39 bits per heavy atom. The van der Waals surface area contributed by atoms with Gasteiger partial charge in [-0.25, -0.2) is 0 Å². The lowest BCUT2D eigenvalue weighted by Gasteiger charge is -2.43. The lowest BCUT2D eigenvalue weighted by Crippen LogP contribution is -2.44. The van der Waals surface area contributed by atoms with Crippen molar-refractivity contribution >= 4 is 17.5 Å². The van der Waals surface area contributed by atoms with Gasteiger partial charge in [0.2, 0.25) is 0 Å². The second kappa shape index (κ2) is 4.27. The maximum atomic E-state index is 12.7. The van der Waals surface area contributed by atoms with Crippen LogP contribution >= 0.6 is 11.8 Å². The van der Waals surface area contributed by atoms with Crippen LogP contribution in [0.3, 0.4) is 0 Å². The molecule has 0 aromatic heterocycles. The smallest absolute Gasteiger partial charge is 0.157 e. The van der Waals surface area contributed by atoms with Crippen LogP contribution in [0.1, 0.15) is 42.7 Å². The highest BCUT2D eigenvalue weighted by Gasteiger charge is 2.49. The molecule has 0 N–H and O–H groups in total. The van der Waals surface area contributed by atoms with Gasteiger partial charge in [0, 0.05) is 10.8 Å². The largest absolute Gasteiger partial charge is 0.297 e. The Balaban J connectivity index is 2.12. The predicted octanol–water partition coefficient (Wildman–Crippen LogP) is 4.25. The van der Waals surface area contributed by atoms with Gasteiger partial charge in [-0.1, -0.05) is 30.2 Å². The zero-order chi connectivity index (χ0) is 12.8. The van der Waals surface area contributed by atoms with Gasteiger partial charge < -0.3 is 0 Å². The highest BCUT2D eigenvalue weighted by molar-refractivity contribution is 8.01. The van der Waals surface area contributed by atoms with E-state index >= 15 is 0 Å². The van der Waals surface area contributed by atoms with Gasteiger partial charge in [0.15, 0.2) is 5.78 Å². The maximum absolute atomic E-state index is 12.7. The molecule has 0 spiro atoms. The molecule has 1 nitrogen and oxygen atoms in total. The molecule has 0 saturated heterocycles. The van der Waals surface area contributed by atoms with Crippen LogP contribution < -0.4 is 0 Å². The molecule has 2 heteroatoms. The van der Waals surface area contributed by atoms with Crippen molar-refractivity contribution in [1.82, 2.24) is 0 Å². The first kappa shape index (κ1) is 12.0. The van der Waals surface area contributed by atoms with Crippen LogP contribution in [0.25, 0.3) is 0 Å². The molecule has 1 aromatic carbocycles. The van der Waals surface area contributed by atoms with Crippen LogP contribution in [0.15, 0.2) is 35.7 Å². The number of ketones is 1. The van der Waals surface area contributed by atoms with E-state index in [4.69, 9.17) is 0 Å². The average Bonchev–Trinajstić information content (AvgIpc) is 2.33. The van der Waals surface area contributed by atoms with Crippen LogP contribution in [0.5, 0.6) is 0 Å². The summed E-state index contributed by atoms with van der Waals surface area (Å²) in [6.07, 6.45) is 5.90. The van der Waals surface area contributed by atoms with Crippen LogP contribution in [-0.2, 0) is 4.79 Å². The summed E-state index contributed by atoms with van der Waals surface area (Å²) in [4.78, 5) is 14.0. The van der Waals surface area contributed by atoms with Crippen molar-refractivity contribution < 1.29 is 4.79 Å². The second-order valence-corrected chi connectivity index (χ2v) is 6.86. The first-order valence-corrected chi connectivity index (χ1v) is 7.43. The molecule has 1 fully saturated rings. The Bertz CT molecular complexity index is 520. The zero-order valence-corrected chi connectivity index (χ0v) is 11.6. The summed E-state index contributed by atoms with van der Waals surface area (Å²) in [7, 11) is 0. The molecule has 1 heterocycles. The van der Waals surface area contributed by atoms with Crippen LogP contribution in [0, 0.1) is 6.92 Å². The molecule has 1 aliphatic carbocycles. The van der Waals surface area contributed by atoms with Gasteiger partial charge >= 0.3 is 0 Å². The summed E-state index contributed by atoms with van der Waals surface area (Å²) in [6.45, 7) is 5.94. The summed E-state index contributed by atoms with van der Waals surface area (Å²) in [6, 6.07) is 6.55. The van der Waals surface area contributed by atoms with Gasteiger partial charge in [-0.2, -0.15) is 0 Å². The van der Waals surface area contributed by atoms with E-state index in [-0.39, 0.29) is 10.7 Å². The van der Waals surface area contributed by atoms with Crippen LogP contribution in [0.4, 0.5) is 0 Å². The first-order valence-electron chi connectivity index (χ1n) is 6.61. The minimum Gasteiger partial charge on any atom is -0.297 e. The van der Waals surface area contributed by atoms with Crippen molar-refractivity contribution in [1.29, 1.82) is 0 Å². The van der Waals surface area contributed by atoms with Crippen LogP contribution in [-0.4, -0.2) is 10.5 Å². The number of carbonyl (C=O) groups excluding carboxylic acids is 1. The lowest BCUT2D eigenvalue weighted by molar-refractivity contribution is -0.124. The van der Waals surface area contributed by atoms with Gasteiger partial charge in [0.05, 0.1) is 4.75 Å². The fourth-order valence-electron chi connectivity index (χ4n) is 3.28. The average molecular weight is 258 g/mol. The van der Waals surface area contributed by atoms with E-state index < -0.39 is 0 Å². The molecule has 0 amide bonds. The van der Waals surface area contributed by atoms with Crippen molar-refractivity contribution in [2.75, 3.05) is 0 Å². The summed E-state index contributed by atoms with van der Waals surface area (Å²) < 4.78 is -0.215. The molecule has 94 valence electrons. The third-order valence-corrected chi connectivity index (χ3v) is 5.71. The van der Waals surface area contributed by atoms with Crippen molar-refractivity contribution in [3.8, 4) is 0 Å². The number of hydrogen-bond acceptors (Lipinski definition) is 2. The van der Waals surface area contributed by atoms with E-state index in [1.54, 1.807) is 11.8 Å². The number of fused-ring (bicyclic) bond motifs is 4. The fraction of sp³-hybridized carbons (Fsp3) is 0.438. The van der Waals surface area contributed by atoms with Crippen LogP contribution in [0.2, 0.25) is 0 Å². The number of thioether (sulfide) groups is 1. The monoisotopic (exact) mass is 258 g/mol. The first-order chi connectivity index (χ1) is 8.66. The highest BCUT2D eigenvalue weighted by Crippen LogP contribution is 2.54. The number of allylic oxidation sites excluding steroid dienone is 1. The quantitative estimate of drug-likeness (QED) is 0.738. The van der Waals surface area contributed by atoms with E-state index in [9.17, 15) is 4.79 Å². The Labute approximate surface area is 113 Å². The summed E-state index contributed by atoms with van der Waals surface area (Å²) in [5, 5.41) is 0. The Hall–Kier alpha value is -1.02. The van der Waals surface area contributed by atoms with Gasteiger partial charge in [-0.05, 0) is 37.8 Å². The third kappa shape index (κ3) is 1.66. The van der Waals surface area contributed by atoms with E-state index in [1.165, 1.54) is 16.0 Å². The third-order valence-electron chi connectivity index (χ3n) is 4.16. The van der Waals surface area contributed by atoms with Crippen molar-refractivity contribution in [2.45, 2.75) is 48.2 Å². The van der Waals surface area contributed by atoms with Gasteiger partial charge in [0.25, 0.3) is 0 Å². The van der Waals surface area contributed by atoms with Crippen molar-refractivity contribution in [2.24, 2.45) is 0 Å². The number of carbonyl (C=O) groups is 1. The molecular formula is C16H18OS. The standard InChI is InChI=1S/C16H18OS/c1-3-8-16-9-4-5-12(15(16)17)13-10-11(2)6-7-14(13)18-16/h3,6-7,10,12H,1,4-5,8-9H2,2H3/t12-,16-/m0/s1. The fourth-order valence-corrected chi connectivity index (χ4v) is 4.85. The minimum atomic E-state index is -0.215. The zero-order valence-electron chi connectivity index (χ0n) is 10.7. The van der Waals surface area contributed by atoms with E-state index in [0.29, 0.717) is 5.78 Å². The maximum Gasteiger partial charge on any atom is 0.157 e. The van der Waals surface area contributed by atoms with E-state index in [0.717, 1.165) is 25.7 Å². The molecule has 2 aliphatic rings. The Morgan fingerprint density at radius 3 is 3.17 bits per heavy atom. The Morgan fingerprint density at radius 1 is 1.56 bits per heavy atom. The molecular weight excluding hydrogens is 240 g/mol. The summed E-state index contributed by atoms with van der Waals surface area (Å²) >= 11 is 1.78. The molecule has 3 rings (SSSR count). The number of aryl methyl sites for hydroxylation is 1. The SMILES string of the molecule is C=CC[C@]12CCC[C@H](C1=O)c1cc(C)ccc1S2. The minimum absolute atomic E-state index is 0.134. The number of hydrogen-bond donors (Lipinski definition) is 0. The summed E-state index contributed by atoms with van der Waals surface area (Å²) in [5.41, 5.74) is 2.52. The number of Topliss-reactive ketones (excluding diaryl/α,β-unsaturated/α-hetero) is 1. The number of benzene rings is 1. The summed E-state index contributed by atoms with van der Waals surface area (Å²) in [5.74, 6) is 0.576. The normalized spacial score (nSPS) is 29.8. The Kier molecular flexibility index (Phi) is 2.86. The molecule has 18 heavy (non-hydrogen) atoms. The molecule has 2 atom stereocenters. The van der Waals surface area contributed by atoms with E-state index in [2.05, 4.69) is 31.7 Å². The molecule has 1 aromatic rings. The van der Waals surface area contributed by atoms with Gasteiger partial charge in [-0.3, -0.25) is 4.79 Å². The molecule has 1 saturated carbocycles. The van der Waals surface area contributed by atoms with Gasteiger partial charge in [-0.15, -0.1) is 18.3 Å². The topological polar surface area (TPSA) is 17.1 Å². The van der Waals surface area contributed by atoms with E-state index in [1.807, 2.05) is 6.08 Å². The molecule has 1 aliphatic heterocycles. The second-order valence-electron chi connectivity index (χ2n) is 5.44. The lowest BCUT2D eigenvalue weighted by atomic mass is 9.74. The van der Waals surface area contributed by atoms with Crippen molar-refractivity contribution in [3.63, 3.8) is 0 Å². The molecule has 0 radical (unpaired) electrons. The molecule has 2 bridgehead atoms. The number of rotatable bonds is 2. The van der Waals surface area contributed by atoms with Crippen molar-refractivity contribution in [3.05, 3.63) is 42.0 Å². The highest BCUT2D eigenvalue weighted by atomic mass is 32.2.